The van der Waals surface area contributed by atoms with Crippen LogP contribution in [-0.4, -0.2) is 35.5 Å². The number of carbonyl (C=O) groups excluding carboxylic acids is 1. The second-order valence-corrected chi connectivity index (χ2v) is 8.19. The number of benzene rings is 2. The van der Waals surface area contributed by atoms with Crippen molar-refractivity contribution in [2.24, 2.45) is 5.10 Å². The van der Waals surface area contributed by atoms with Gasteiger partial charge < -0.3 is 4.74 Å². The van der Waals surface area contributed by atoms with Crippen LogP contribution in [-0.2, 0) is 10.5 Å². The molecule has 0 bridgehead atoms. The molecule has 3 rings (SSSR count). The number of nitrogens with one attached hydrogen (secondary N) is 1. The Kier molecular flexibility index (Phi) is 7.29. The Morgan fingerprint density at radius 3 is 2.73 bits per heavy atom. The van der Waals surface area contributed by atoms with Crippen molar-refractivity contribution in [2.45, 2.75) is 11.9 Å². The Morgan fingerprint density at radius 1 is 1.27 bits per heavy atom. The summed E-state index contributed by atoms with van der Waals surface area (Å²) in [5.74, 6) is 3.87. The molecule has 1 heterocycles. The molecule has 2 aromatic carbocycles. The van der Waals surface area contributed by atoms with Crippen molar-refractivity contribution in [1.82, 2.24) is 5.43 Å². The van der Waals surface area contributed by atoms with E-state index in [0.29, 0.717) is 17.6 Å². The van der Waals surface area contributed by atoms with E-state index in [1.807, 2.05) is 60.3 Å². The van der Waals surface area contributed by atoms with E-state index >= 15 is 0 Å². The fourth-order valence-electron chi connectivity index (χ4n) is 2.19. The normalized spacial score (nSPS) is 14.2. The van der Waals surface area contributed by atoms with E-state index in [1.165, 1.54) is 11.8 Å². The molecule has 2 aromatic rings. The summed E-state index contributed by atoms with van der Waals surface area (Å²) in [4.78, 5) is 11.8. The van der Waals surface area contributed by atoms with Gasteiger partial charge in [0.2, 0.25) is 5.91 Å². The number of rotatable bonds is 8. The molecule has 0 aliphatic carbocycles. The van der Waals surface area contributed by atoms with Crippen LogP contribution in [0.15, 0.2) is 53.6 Å². The fourth-order valence-corrected chi connectivity index (χ4v) is 3.86. The zero-order valence-corrected chi connectivity index (χ0v) is 16.4. The van der Waals surface area contributed by atoms with E-state index < -0.39 is 0 Å². The number of halogens is 1. The molecule has 0 unspecified atom stereocenters. The van der Waals surface area contributed by atoms with Crippen LogP contribution in [0.2, 0.25) is 5.02 Å². The molecule has 0 spiro atoms. The quantitative estimate of drug-likeness (QED) is 0.526. The number of thioether (sulfide) groups is 2. The molecule has 0 atom stereocenters. The van der Waals surface area contributed by atoms with E-state index in [0.717, 1.165) is 33.4 Å². The Morgan fingerprint density at radius 2 is 2.04 bits per heavy atom. The maximum atomic E-state index is 11.8. The van der Waals surface area contributed by atoms with E-state index in [2.05, 4.69) is 10.5 Å². The van der Waals surface area contributed by atoms with Gasteiger partial charge in [-0.25, -0.2) is 5.43 Å². The molecule has 136 valence electrons. The van der Waals surface area contributed by atoms with E-state index in [4.69, 9.17) is 16.3 Å². The maximum absolute atomic E-state index is 11.8. The average molecular weight is 407 g/mol. The summed E-state index contributed by atoms with van der Waals surface area (Å²) >= 11 is 9.49. The largest absolute Gasteiger partial charge is 0.489 e. The molecule has 0 saturated carbocycles. The molecule has 1 aliphatic rings. The summed E-state index contributed by atoms with van der Waals surface area (Å²) in [6.45, 7) is 0. The molecule has 1 aliphatic heterocycles. The molecule has 1 amide bonds. The van der Waals surface area contributed by atoms with E-state index in [1.54, 1.807) is 6.21 Å². The molecule has 1 saturated heterocycles. The lowest BCUT2D eigenvalue weighted by molar-refractivity contribution is -0.118. The van der Waals surface area contributed by atoms with Crippen LogP contribution in [0, 0.1) is 0 Å². The summed E-state index contributed by atoms with van der Waals surface area (Å²) in [5.41, 5.74) is 4.47. The van der Waals surface area contributed by atoms with Gasteiger partial charge in [-0.1, -0.05) is 29.8 Å². The van der Waals surface area contributed by atoms with Crippen LogP contribution in [0.3, 0.4) is 0 Å². The van der Waals surface area contributed by atoms with Gasteiger partial charge in [0.05, 0.1) is 12.0 Å². The van der Waals surface area contributed by atoms with Crippen LogP contribution in [0.5, 0.6) is 5.75 Å². The van der Waals surface area contributed by atoms with Gasteiger partial charge in [0.1, 0.15) is 11.9 Å². The zero-order chi connectivity index (χ0) is 18.2. The third-order valence-electron chi connectivity index (χ3n) is 3.64. The number of amides is 1. The molecule has 0 radical (unpaired) electrons. The minimum Gasteiger partial charge on any atom is -0.489 e. The van der Waals surface area contributed by atoms with Gasteiger partial charge in [-0.15, -0.1) is 11.8 Å². The number of carbonyl (C=O) groups is 1. The molecular formula is C19H19ClN2O2S2. The summed E-state index contributed by atoms with van der Waals surface area (Å²) < 4.78 is 5.79. The lowest BCUT2D eigenvalue weighted by atomic mass is 10.2. The highest BCUT2D eigenvalue weighted by Gasteiger charge is 2.19. The molecule has 4 nitrogen and oxygen atoms in total. The standard InChI is InChI=1S/C19H19ClN2O2S2/c20-18-4-2-1-3-15(18)10-25-13-19(23)22-21-9-14-5-7-16(8-6-14)24-17-11-26-12-17/h1-9,17H,10-13H2,(H,22,23)/b21-9+. The highest BCUT2D eigenvalue weighted by atomic mass is 35.5. The predicted molar refractivity (Wildman–Crippen MR) is 112 cm³/mol. The van der Waals surface area contributed by atoms with Crippen molar-refractivity contribution in [1.29, 1.82) is 0 Å². The molecule has 1 N–H and O–H groups in total. The van der Waals surface area contributed by atoms with Crippen molar-refractivity contribution in [3.05, 3.63) is 64.7 Å². The van der Waals surface area contributed by atoms with Gasteiger partial charge in [-0.2, -0.15) is 16.9 Å². The van der Waals surface area contributed by atoms with Crippen molar-refractivity contribution in [2.75, 3.05) is 17.3 Å². The van der Waals surface area contributed by atoms with Gasteiger partial charge in [0.15, 0.2) is 0 Å². The Hall–Kier alpha value is -1.63. The van der Waals surface area contributed by atoms with Crippen molar-refractivity contribution >= 4 is 47.2 Å². The maximum Gasteiger partial charge on any atom is 0.250 e. The second kappa shape index (κ2) is 9.90. The van der Waals surface area contributed by atoms with Gasteiger partial charge in [0, 0.05) is 22.3 Å². The lowest BCUT2D eigenvalue weighted by Gasteiger charge is -2.25. The topological polar surface area (TPSA) is 50.7 Å². The number of hydrazone groups is 1. The van der Waals surface area contributed by atoms with Crippen LogP contribution >= 0.6 is 35.1 Å². The lowest BCUT2D eigenvalue weighted by Crippen LogP contribution is -2.30. The Balaban J connectivity index is 1.37. The molecule has 26 heavy (non-hydrogen) atoms. The predicted octanol–water partition coefficient (Wildman–Crippen LogP) is 4.22. The first-order valence-corrected chi connectivity index (χ1v) is 10.9. The molecule has 1 fully saturated rings. The van der Waals surface area contributed by atoms with Gasteiger partial charge >= 0.3 is 0 Å². The second-order valence-electron chi connectivity index (χ2n) is 5.72. The van der Waals surface area contributed by atoms with Crippen molar-refractivity contribution in [3.63, 3.8) is 0 Å². The first-order chi connectivity index (χ1) is 12.7. The van der Waals surface area contributed by atoms with Gasteiger partial charge in [-0.05, 0) is 41.5 Å². The van der Waals surface area contributed by atoms with Crippen molar-refractivity contribution < 1.29 is 9.53 Å². The first-order valence-electron chi connectivity index (χ1n) is 8.18. The molecular weight excluding hydrogens is 388 g/mol. The van der Waals surface area contributed by atoms with Crippen LogP contribution in [0.25, 0.3) is 0 Å². The smallest absolute Gasteiger partial charge is 0.250 e. The minimum absolute atomic E-state index is 0.138. The van der Waals surface area contributed by atoms with Gasteiger partial charge in [-0.3, -0.25) is 4.79 Å². The number of hydrogen-bond acceptors (Lipinski definition) is 5. The third kappa shape index (κ3) is 5.97. The number of ether oxygens (including phenoxy) is 1. The summed E-state index contributed by atoms with van der Waals surface area (Å²) in [6.07, 6.45) is 1.96. The highest BCUT2D eigenvalue weighted by Crippen LogP contribution is 2.24. The highest BCUT2D eigenvalue weighted by molar-refractivity contribution is 8.00. The first kappa shape index (κ1) is 19.1. The average Bonchev–Trinajstić information content (AvgIpc) is 2.61. The summed E-state index contributed by atoms with van der Waals surface area (Å²) in [5, 5.41) is 4.72. The van der Waals surface area contributed by atoms with E-state index in [9.17, 15) is 4.79 Å². The number of hydrogen-bond donors (Lipinski definition) is 1. The summed E-state index contributed by atoms with van der Waals surface area (Å²) in [7, 11) is 0. The number of nitrogens with zero attached hydrogens (tertiary/aromatic N) is 1. The van der Waals surface area contributed by atoms with Crippen molar-refractivity contribution in [3.8, 4) is 5.75 Å². The Labute approximate surface area is 166 Å². The Bertz CT molecular complexity index is 764. The van der Waals surface area contributed by atoms with Crippen LogP contribution in [0.4, 0.5) is 0 Å². The SMILES string of the molecule is O=C(CSCc1ccccc1Cl)N/N=C/c1ccc(OC2CSC2)cc1. The van der Waals surface area contributed by atoms with E-state index in [-0.39, 0.29) is 5.91 Å². The van der Waals surface area contributed by atoms with Crippen LogP contribution in [0.1, 0.15) is 11.1 Å². The third-order valence-corrected chi connectivity index (χ3v) is 6.21. The minimum atomic E-state index is -0.138. The zero-order valence-electron chi connectivity index (χ0n) is 14.1. The fraction of sp³-hybridized carbons (Fsp3) is 0.263. The van der Waals surface area contributed by atoms with Crippen LogP contribution < -0.4 is 10.2 Å². The van der Waals surface area contributed by atoms with Gasteiger partial charge in [0.25, 0.3) is 0 Å². The summed E-state index contributed by atoms with van der Waals surface area (Å²) in [6, 6.07) is 15.3. The molecule has 7 heteroatoms. The monoisotopic (exact) mass is 406 g/mol. The molecule has 0 aromatic heterocycles.